The number of para-hydroxylation sites is 1. The molecule has 0 aliphatic rings. The predicted octanol–water partition coefficient (Wildman–Crippen LogP) is 6.33. The van der Waals surface area contributed by atoms with Crippen molar-refractivity contribution in [1.29, 1.82) is 0 Å². The summed E-state index contributed by atoms with van der Waals surface area (Å²) in [6.45, 7) is 2.24. The Hall–Kier alpha value is -3.12. The summed E-state index contributed by atoms with van der Waals surface area (Å²) in [5, 5.41) is 2.30. The molecule has 168 valence electrons. The van der Waals surface area contributed by atoms with E-state index in [1.165, 1.54) is 31.0 Å². The van der Waals surface area contributed by atoms with Crippen molar-refractivity contribution in [3.05, 3.63) is 120 Å². The molecule has 5 rings (SSSR count). The molecule has 0 amide bonds. The Morgan fingerprint density at radius 2 is 1.35 bits per heavy atom. The Bertz CT molecular complexity index is 1440. The average molecular weight is 557 g/mol. The Morgan fingerprint density at radius 1 is 0.706 bits per heavy atom. The molecule has 0 atom stereocenters. The summed E-state index contributed by atoms with van der Waals surface area (Å²) >= 11 is -0.684. The summed E-state index contributed by atoms with van der Waals surface area (Å²) in [6, 6.07) is 38.2. The molecule has 0 radical (unpaired) electrons. The molecule has 0 spiro atoms. The predicted molar refractivity (Wildman–Crippen MR) is 143 cm³/mol. The van der Waals surface area contributed by atoms with Gasteiger partial charge in [-0.3, -0.25) is 0 Å². The van der Waals surface area contributed by atoms with Gasteiger partial charge in [0.15, 0.2) is 0 Å². The van der Waals surface area contributed by atoms with E-state index in [4.69, 9.17) is 9.41 Å². The number of rotatable bonds is 7. The van der Waals surface area contributed by atoms with Crippen molar-refractivity contribution in [2.24, 2.45) is 4.99 Å². The summed E-state index contributed by atoms with van der Waals surface area (Å²) in [4.78, 5) is 4.89. The van der Waals surface area contributed by atoms with Gasteiger partial charge in [-0.15, -0.1) is 0 Å². The molecule has 0 fully saturated rings. The fourth-order valence-electron chi connectivity index (χ4n) is 3.99. The third-order valence-corrected chi connectivity index (χ3v) is 8.98. The van der Waals surface area contributed by atoms with Crippen LogP contribution in [0.15, 0.2) is 119 Å². The Balaban J connectivity index is 1.68. The van der Waals surface area contributed by atoms with Crippen LogP contribution in [-0.4, -0.2) is 20.9 Å². The fraction of sp³-hybridized carbons (Fsp3) is 0.129. The van der Waals surface area contributed by atoms with Crippen LogP contribution in [0.2, 0.25) is 0 Å². The van der Waals surface area contributed by atoms with Gasteiger partial charge in [0.1, 0.15) is 0 Å². The van der Waals surface area contributed by atoms with Gasteiger partial charge in [0, 0.05) is 0 Å². The van der Waals surface area contributed by atoms with Gasteiger partial charge in [-0.05, 0) is 0 Å². The molecule has 4 aromatic carbocycles. The van der Waals surface area contributed by atoms with E-state index in [1.807, 2.05) is 36.4 Å². The second kappa shape index (κ2) is 10.9. The van der Waals surface area contributed by atoms with Gasteiger partial charge in [0.25, 0.3) is 0 Å². The zero-order chi connectivity index (χ0) is 23.2. The summed E-state index contributed by atoms with van der Waals surface area (Å²) in [5.74, 6) is 0.937. The van der Waals surface area contributed by atoms with Crippen LogP contribution >= 0.6 is 0 Å². The number of fused-ring (bicyclic) bond motifs is 1. The number of benzene rings is 4. The molecule has 0 bridgehead atoms. The molecule has 5 aromatic rings. The van der Waals surface area contributed by atoms with Crippen LogP contribution < -0.4 is 12.8 Å². The first-order valence-electron chi connectivity index (χ1n) is 11.8. The molecular weight excluding hydrogens is 530 g/mol. The van der Waals surface area contributed by atoms with E-state index in [0.717, 1.165) is 28.8 Å². The van der Waals surface area contributed by atoms with E-state index < -0.39 is 20.9 Å². The van der Waals surface area contributed by atoms with E-state index in [2.05, 4.69) is 79.7 Å². The van der Waals surface area contributed by atoms with E-state index in [0.29, 0.717) is 5.55 Å². The Labute approximate surface area is 211 Å². The molecule has 0 aliphatic heterocycles. The van der Waals surface area contributed by atoms with Gasteiger partial charge in [0.05, 0.1) is 0 Å². The maximum absolute atomic E-state index is 6.63. The summed E-state index contributed by atoms with van der Waals surface area (Å²) < 4.78 is 9.36. The third kappa shape index (κ3) is 5.17. The zero-order valence-electron chi connectivity index (χ0n) is 19.3. The van der Waals surface area contributed by atoms with Gasteiger partial charge in [-0.2, -0.15) is 0 Å². The van der Waals surface area contributed by atoms with Gasteiger partial charge in [0.2, 0.25) is 0 Å². The topological polar surface area (TPSA) is 25.5 Å². The second-order valence-corrected chi connectivity index (χ2v) is 11.4. The first-order chi connectivity index (χ1) is 16.8. The molecule has 34 heavy (non-hydrogen) atoms. The normalized spacial score (nSPS) is 11.7. The number of nitrogens with zero attached hydrogens (tertiary/aromatic N) is 1. The van der Waals surface area contributed by atoms with E-state index in [-0.39, 0.29) is 0 Å². The molecular formula is C31H27NOTe. The van der Waals surface area contributed by atoms with Gasteiger partial charge >= 0.3 is 212 Å². The van der Waals surface area contributed by atoms with E-state index >= 15 is 0 Å². The van der Waals surface area contributed by atoms with Crippen LogP contribution in [0.25, 0.3) is 22.1 Å². The standard InChI is InChI=1S/C31H27NOTe/c1-2-3-12-23-19-21-26(22-20-23)34-30-27-17-10-11-18-28(27)31(32-25-15-8-5-9-16-25)33-29(30)24-13-6-4-7-14-24/h4-11,13-22H,2-3,12H2,1H3. The number of unbranched alkanes of at least 4 members (excludes halogenated alkanes) is 1. The van der Waals surface area contributed by atoms with Gasteiger partial charge in [-0.25, -0.2) is 0 Å². The van der Waals surface area contributed by atoms with Crippen LogP contribution in [0.5, 0.6) is 0 Å². The SMILES string of the molecule is CCCCc1ccc([Te]c2c(-c3ccccc3)oc(=Nc3ccccc3)c3ccccc23)cc1. The minimum absolute atomic E-state index is 0.659. The van der Waals surface area contributed by atoms with Gasteiger partial charge in [-0.1, -0.05) is 0 Å². The Kier molecular flexibility index (Phi) is 7.25. The Morgan fingerprint density at radius 3 is 2.06 bits per heavy atom. The summed E-state index contributed by atoms with van der Waals surface area (Å²) in [5.41, 5.74) is 4.07. The van der Waals surface area contributed by atoms with Crippen LogP contribution in [0.1, 0.15) is 25.3 Å². The summed E-state index contributed by atoms with van der Waals surface area (Å²) in [6.07, 6.45) is 3.62. The average Bonchev–Trinajstić information content (AvgIpc) is 2.90. The van der Waals surface area contributed by atoms with Crippen LogP contribution in [0, 0.1) is 0 Å². The van der Waals surface area contributed by atoms with E-state index in [9.17, 15) is 0 Å². The number of hydrogen-bond acceptors (Lipinski definition) is 2. The first-order valence-corrected chi connectivity index (χ1v) is 14.1. The fourth-order valence-corrected chi connectivity index (χ4v) is 6.99. The molecule has 0 aliphatic carbocycles. The maximum atomic E-state index is 6.63. The quantitative estimate of drug-likeness (QED) is 0.215. The minimum atomic E-state index is -0.684. The van der Waals surface area contributed by atoms with Crippen LogP contribution in [0.3, 0.4) is 0 Å². The van der Waals surface area contributed by atoms with E-state index in [1.54, 1.807) is 0 Å². The molecule has 1 heterocycles. The van der Waals surface area contributed by atoms with Crippen molar-refractivity contribution < 1.29 is 4.42 Å². The van der Waals surface area contributed by atoms with Crippen molar-refractivity contribution in [2.75, 3.05) is 0 Å². The second-order valence-electron chi connectivity index (χ2n) is 8.27. The van der Waals surface area contributed by atoms with Crippen molar-refractivity contribution in [3.8, 4) is 11.3 Å². The molecule has 0 N–H and O–H groups in total. The van der Waals surface area contributed by atoms with Gasteiger partial charge < -0.3 is 0 Å². The molecule has 3 heteroatoms. The zero-order valence-corrected chi connectivity index (χ0v) is 21.6. The molecule has 0 unspecified atom stereocenters. The molecule has 0 saturated heterocycles. The molecule has 2 nitrogen and oxygen atoms in total. The van der Waals surface area contributed by atoms with Crippen molar-refractivity contribution in [2.45, 2.75) is 26.2 Å². The van der Waals surface area contributed by atoms with Crippen molar-refractivity contribution >= 4 is 44.6 Å². The third-order valence-electron chi connectivity index (χ3n) is 5.79. The number of aryl methyl sites for hydroxylation is 1. The van der Waals surface area contributed by atoms with Crippen molar-refractivity contribution in [1.82, 2.24) is 0 Å². The van der Waals surface area contributed by atoms with Crippen molar-refractivity contribution in [3.63, 3.8) is 0 Å². The number of hydrogen-bond donors (Lipinski definition) is 0. The molecule has 1 aromatic heterocycles. The first kappa shape index (κ1) is 22.7. The monoisotopic (exact) mass is 559 g/mol. The van der Waals surface area contributed by atoms with Crippen LogP contribution in [-0.2, 0) is 6.42 Å². The molecule has 0 saturated carbocycles. The van der Waals surface area contributed by atoms with Crippen LogP contribution in [0.4, 0.5) is 5.69 Å². The summed E-state index contributed by atoms with van der Waals surface area (Å²) in [7, 11) is 0.